The minimum atomic E-state index is -0.938. The number of carbonyl (C=O) groups is 1. The molecule has 1 fully saturated rings. The Morgan fingerprint density at radius 2 is 2.14 bits per heavy atom. The number of benzene rings is 1. The van der Waals surface area contributed by atoms with E-state index in [-0.39, 0.29) is 5.78 Å². The van der Waals surface area contributed by atoms with Gasteiger partial charge in [-0.25, -0.2) is 9.97 Å². The van der Waals surface area contributed by atoms with E-state index in [1.54, 1.807) is 6.42 Å². The fraction of sp³-hybridized carbons (Fsp3) is 0.238. The van der Waals surface area contributed by atoms with Gasteiger partial charge in [0.25, 0.3) is 0 Å². The van der Waals surface area contributed by atoms with E-state index in [0.717, 1.165) is 22.0 Å². The smallest absolute Gasteiger partial charge is 0.208 e. The molecule has 2 heterocycles. The summed E-state index contributed by atoms with van der Waals surface area (Å²) < 4.78 is 1.02. The largest absolute Gasteiger partial charge is 0.390 e. The van der Waals surface area contributed by atoms with Crippen molar-refractivity contribution in [1.29, 1.82) is 0 Å². The molecule has 1 aromatic carbocycles. The van der Waals surface area contributed by atoms with E-state index in [0.29, 0.717) is 22.7 Å². The number of thiophene rings is 1. The van der Waals surface area contributed by atoms with Crippen molar-refractivity contribution < 1.29 is 15.0 Å². The van der Waals surface area contributed by atoms with E-state index in [9.17, 15) is 15.0 Å². The zero-order valence-electron chi connectivity index (χ0n) is 15.3. The normalized spacial score (nSPS) is 21.3. The van der Waals surface area contributed by atoms with Gasteiger partial charge in [0.2, 0.25) is 5.78 Å². The maximum Gasteiger partial charge on any atom is 0.208 e. The number of hydrogen-bond acceptors (Lipinski definition) is 7. The molecule has 0 saturated heterocycles. The van der Waals surface area contributed by atoms with Crippen LogP contribution in [0, 0.1) is 6.42 Å². The molecule has 0 spiro atoms. The quantitative estimate of drug-likeness (QED) is 0.476. The number of nitrogens with one attached hydrogen (secondary N) is 1. The molecule has 3 N–H and O–H groups in total. The molecule has 0 aliphatic heterocycles. The van der Waals surface area contributed by atoms with Gasteiger partial charge in [-0.2, -0.15) is 0 Å². The van der Waals surface area contributed by atoms with E-state index in [1.807, 2.05) is 23.6 Å². The van der Waals surface area contributed by atoms with E-state index in [4.69, 9.17) is 0 Å². The first-order valence-electron chi connectivity index (χ1n) is 9.14. The number of aliphatic hydroxyl groups excluding tert-OH is 2. The zero-order chi connectivity index (χ0) is 20.4. The number of halogens is 1. The summed E-state index contributed by atoms with van der Waals surface area (Å²) in [5.74, 6) is 0.189. The molecule has 29 heavy (non-hydrogen) atoms. The SMILES string of the molecule is O=C(c1cc(Cc2cccc(Br)c2)cs1)c1cncnc1N[C@@H]1C[CH][C@@H](O)[C@H]1O. The van der Waals surface area contributed by atoms with Crippen LogP contribution in [-0.2, 0) is 6.42 Å². The zero-order valence-corrected chi connectivity index (χ0v) is 17.7. The Kier molecular flexibility index (Phi) is 6.05. The number of rotatable bonds is 6. The van der Waals surface area contributed by atoms with E-state index < -0.39 is 18.2 Å². The van der Waals surface area contributed by atoms with Crippen LogP contribution in [0.3, 0.4) is 0 Å². The minimum absolute atomic E-state index is 0.171. The number of hydrogen-bond donors (Lipinski definition) is 3. The highest BCUT2D eigenvalue weighted by Crippen LogP contribution is 2.27. The number of aliphatic hydroxyl groups is 2. The van der Waals surface area contributed by atoms with Crippen LogP contribution in [0.2, 0.25) is 0 Å². The molecule has 3 atom stereocenters. The number of anilines is 1. The van der Waals surface area contributed by atoms with Crippen LogP contribution in [0.25, 0.3) is 0 Å². The van der Waals surface area contributed by atoms with Crippen LogP contribution < -0.4 is 5.32 Å². The van der Waals surface area contributed by atoms with E-state index in [2.05, 4.69) is 43.3 Å². The van der Waals surface area contributed by atoms with Crippen LogP contribution in [0.4, 0.5) is 5.82 Å². The molecule has 0 amide bonds. The Balaban J connectivity index is 1.52. The van der Waals surface area contributed by atoms with Gasteiger partial charge in [0.05, 0.1) is 22.6 Å². The number of carbonyl (C=O) groups excluding carboxylic acids is 1. The Morgan fingerprint density at radius 3 is 2.90 bits per heavy atom. The molecule has 3 aromatic rings. The van der Waals surface area contributed by atoms with Crippen LogP contribution in [0.15, 0.2) is 52.7 Å². The summed E-state index contributed by atoms with van der Waals surface area (Å²) >= 11 is 4.87. The second kappa shape index (κ2) is 8.71. The van der Waals surface area contributed by atoms with Gasteiger partial charge in [-0.1, -0.05) is 28.1 Å². The van der Waals surface area contributed by atoms with Gasteiger partial charge < -0.3 is 15.5 Å². The molecule has 0 bridgehead atoms. The predicted molar refractivity (Wildman–Crippen MR) is 115 cm³/mol. The number of ketones is 1. The summed E-state index contributed by atoms with van der Waals surface area (Å²) in [5.41, 5.74) is 2.57. The van der Waals surface area contributed by atoms with Crippen LogP contribution in [0.5, 0.6) is 0 Å². The van der Waals surface area contributed by atoms with Crippen molar-refractivity contribution in [3.05, 3.63) is 80.7 Å². The summed E-state index contributed by atoms with van der Waals surface area (Å²) in [6.07, 6.45) is 3.87. The highest BCUT2D eigenvalue weighted by molar-refractivity contribution is 9.10. The summed E-state index contributed by atoms with van der Waals surface area (Å²) in [6.45, 7) is 0. The topological polar surface area (TPSA) is 95.3 Å². The molecule has 1 aliphatic rings. The average Bonchev–Trinajstić information content (AvgIpc) is 3.30. The highest BCUT2D eigenvalue weighted by atomic mass is 79.9. The lowest BCUT2D eigenvalue weighted by Gasteiger charge is -2.19. The summed E-state index contributed by atoms with van der Waals surface area (Å²) in [5, 5.41) is 24.8. The van der Waals surface area contributed by atoms with Crippen LogP contribution in [-0.4, -0.2) is 44.2 Å². The number of nitrogens with zero attached hydrogens (tertiary/aromatic N) is 2. The lowest BCUT2D eigenvalue weighted by molar-refractivity contribution is 0.0529. The van der Waals surface area contributed by atoms with Gasteiger partial charge in [-0.05, 0) is 54.0 Å². The van der Waals surface area contributed by atoms with Gasteiger partial charge in [0.15, 0.2) is 0 Å². The summed E-state index contributed by atoms with van der Waals surface area (Å²) in [4.78, 5) is 21.8. The summed E-state index contributed by atoms with van der Waals surface area (Å²) in [6, 6.07) is 9.57. The molecule has 8 heteroatoms. The maximum atomic E-state index is 13.1. The Morgan fingerprint density at radius 1 is 1.28 bits per heavy atom. The molecule has 6 nitrogen and oxygen atoms in total. The van der Waals surface area contributed by atoms with Crippen molar-refractivity contribution in [3.63, 3.8) is 0 Å². The predicted octanol–water partition coefficient (Wildman–Crippen LogP) is 3.23. The minimum Gasteiger partial charge on any atom is -0.390 e. The average molecular weight is 473 g/mol. The second-order valence-electron chi connectivity index (χ2n) is 6.94. The van der Waals surface area contributed by atoms with Gasteiger partial charge in [0.1, 0.15) is 18.2 Å². The molecular formula is C21H19BrN3O3S. The Hall–Kier alpha value is -2.13. The van der Waals surface area contributed by atoms with Crippen molar-refractivity contribution >= 4 is 38.9 Å². The molecule has 149 valence electrons. The van der Waals surface area contributed by atoms with Crippen molar-refractivity contribution in [1.82, 2.24) is 9.97 Å². The standard InChI is InChI=1S/C21H19BrN3O3S/c22-14-3-1-2-12(7-14)6-13-8-18(29-10-13)19(27)15-9-23-11-24-21(15)25-16-4-5-17(26)20(16)28/h1-3,5,7-11,16-17,20,26,28H,4,6H2,(H,23,24,25)/t16-,17-,20+/m1/s1. The molecule has 4 rings (SSSR count). The van der Waals surface area contributed by atoms with E-state index >= 15 is 0 Å². The first-order valence-corrected chi connectivity index (χ1v) is 10.8. The fourth-order valence-electron chi connectivity index (χ4n) is 3.34. The van der Waals surface area contributed by atoms with Gasteiger partial charge in [-0.3, -0.25) is 4.79 Å². The molecular weight excluding hydrogens is 454 g/mol. The van der Waals surface area contributed by atoms with Crippen molar-refractivity contribution in [2.45, 2.75) is 31.1 Å². The highest BCUT2D eigenvalue weighted by Gasteiger charge is 2.34. The van der Waals surface area contributed by atoms with Crippen LogP contribution in [0.1, 0.15) is 32.8 Å². The second-order valence-corrected chi connectivity index (χ2v) is 8.77. The first kappa shape index (κ1) is 20.2. The Labute approximate surface area is 180 Å². The van der Waals surface area contributed by atoms with E-state index in [1.165, 1.54) is 23.9 Å². The third kappa shape index (κ3) is 4.56. The third-order valence-electron chi connectivity index (χ3n) is 4.85. The van der Waals surface area contributed by atoms with Crippen molar-refractivity contribution in [2.24, 2.45) is 0 Å². The van der Waals surface area contributed by atoms with Gasteiger partial charge >= 0.3 is 0 Å². The monoisotopic (exact) mass is 472 g/mol. The number of aromatic nitrogens is 2. The van der Waals surface area contributed by atoms with Gasteiger partial charge in [-0.15, -0.1) is 11.3 Å². The molecule has 1 aliphatic carbocycles. The lowest BCUT2D eigenvalue weighted by Crippen LogP contribution is -2.35. The van der Waals surface area contributed by atoms with Crippen molar-refractivity contribution in [2.75, 3.05) is 5.32 Å². The van der Waals surface area contributed by atoms with Crippen LogP contribution >= 0.6 is 27.3 Å². The Bertz CT molecular complexity index is 1030. The summed E-state index contributed by atoms with van der Waals surface area (Å²) in [7, 11) is 0. The maximum absolute atomic E-state index is 13.1. The molecule has 1 radical (unpaired) electrons. The third-order valence-corrected chi connectivity index (χ3v) is 6.32. The molecule has 2 aromatic heterocycles. The van der Waals surface area contributed by atoms with Gasteiger partial charge in [0, 0.05) is 10.7 Å². The first-order chi connectivity index (χ1) is 14.0. The molecule has 1 saturated carbocycles. The fourth-order valence-corrected chi connectivity index (χ4v) is 4.65. The van der Waals surface area contributed by atoms with Crippen molar-refractivity contribution in [3.8, 4) is 0 Å². The molecule has 0 unspecified atom stereocenters. The lowest BCUT2D eigenvalue weighted by atomic mass is 10.1.